The van der Waals surface area contributed by atoms with Crippen molar-refractivity contribution in [1.82, 2.24) is 15.2 Å². The molecule has 0 amide bonds. The molecule has 0 aliphatic carbocycles. The van der Waals surface area contributed by atoms with Gasteiger partial charge in [0.05, 0.1) is 17.4 Å². The quantitative estimate of drug-likeness (QED) is 0.863. The number of nitrogens with one attached hydrogen (secondary N) is 2. The van der Waals surface area contributed by atoms with Crippen LogP contribution in [-0.4, -0.2) is 21.7 Å². The number of hydrogen-bond acceptors (Lipinski definition) is 5. The van der Waals surface area contributed by atoms with Gasteiger partial charge in [0.25, 0.3) is 0 Å². The van der Waals surface area contributed by atoms with Crippen LogP contribution in [0.5, 0.6) is 0 Å². The first-order chi connectivity index (χ1) is 10.4. The van der Waals surface area contributed by atoms with Gasteiger partial charge in [-0.05, 0) is 24.6 Å². The molecule has 0 atom stereocenters. The van der Waals surface area contributed by atoms with E-state index in [1.807, 2.05) is 6.92 Å². The number of rotatable bonds is 5. The van der Waals surface area contributed by atoms with E-state index < -0.39 is 11.7 Å². The second-order valence-electron chi connectivity index (χ2n) is 4.40. The van der Waals surface area contributed by atoms with Crippen LogP contribution in [0.2, 0.25) is 5.02 Å². The van der Waals surface area contributed by atoms with E-state index in [9.17, 15) is 13.2 Å². The van der Waals surface area contributed by atoms with Crippen LogP contribution in [0.3, 0.4) is 0 Å². The molecule has 0 spiro atoms. The largest absolute Gasteiger partial charge is 0.418 e. The number of aromatic nitrogens is 3. The summed E-state index contributed by atoms with van der Waals surface area (Å²) in [6.07, 6.45) is -2.43. The van der Waals surface area contributed by atoms with Gasteiger partial charge in [0, 0.05) is 11.6 Å². The SMILES string of the molecule is CCCNc1nncc(Nc2ccc(Cl)cc2C(F)(F)F)n1. The molecule has 0 saturated heterocycles. The Kier molecular flexibility index (Phi) is 5.02. The van der Waals surface area contributed by atoms with Crippen LogP contribution >= 0.6 is 11.6 Å². The fourth-order valence-corrected chi connectivity index (χ4v) is 1.85. The summed E-state index contributed by atoms with van der Waals surface area (Å²) in [5.41, 5.74) is -1.03. The summed E-state index contributed by atoms with van der Waals surface area (Å²) in [7, 11) is 0. The van der Waals surface area contributed by atoms with Gasteiger partial charge >= 0.3 is 6.18 Å². The van der Waals surface area contributed by atoms with E-state index in [1.54, 1.807) is 0 Å². The molecular weight excluding hydrogens is 319 g/mol. The summed E-state index contributed by atoms with van der Waals surface area (Å²) >= 11 is 5.63. The summed E-state index contributed by atoms with van der Waals surface area (Å²) < 4.78 is 39.1. The fraction of sp³-hybridized carbons (Fsp3) is 0.308. The van der Waals surface area contributed by atoms with E-state index in [1.165, 1.54) is 18.3 Å². The van der Waals surface area contributed by atoms with Crippen molar-refractivity contribution in [2.45, 2.75) is 19.5 Å². The van der Waals surface area contributed by atoms with Crippen LogP contribution in [0, 0.1) is 0 Å². The minimum atomic E-state index is -4.53. The molecule has 0 aliphatic rings. The summed E-state index contributed by atoms with van der Waals surface area (Å²) in [6, 6.07) is 3.46. The standard InChI is InChI=1S/C13H13ClF3N5/c1-2-5-18-12-21-11(7-19-22-12)20-10-4-3-8(14)6-9(10)13(15,16)17/h3-4,6-7H,2,5H2,1H3,(H2,18,20,21,22). The van der Waals surface area contributed by atoms with Gasteiger partial charge in [0.2, 0.25) is 5.95 Å². The first-order valence-electron chi connectivity index (χ1n) is 6.47. The Balaban J connectivity index is 2.27. The zero-order valence-corrected chi connectivity index (χ0v) is 12.3. The molecule has 1 aromatic heterocycles. The van der Waals surface area contributed by atoms with Crippen LogP contribution < -0.4 is 10.6 Å². The normalized spacial score (nSPS) is 11.3. The minimum absolute atomic E-state index is 0.00369. The first kappa shape index (κ1) is 16.3. The van der Waals surface area contributed by atoms with Crippen molar-refractivity contribution in [1.29, 1.82) is 0 Å². The number of alkyl halides is 3. The van der Waals surface area contributed by atoms with Crippen LogP contribution in [0.1, 0.15) is 18.9 Å². The van der Waals surface area contributed by atoms with E-state index >= 15 is 0 Å². The van der Waals surface area contributed by atoms with Crippen LogP contribution in [-0.2, 0) is 6.18 Å². The van der Waals surface area contributed by atoms with E-state index in [2.05, 4.69) is 25.8 Å². The van der Waals surface area contributed by atoms with Gasteiger partial charge in [-0.25, -0.2) is 0 Å². The van der Waals surface area contributed by atoms with Gasteiger partial charge in [0.15, 0.2) is 5.82 Å². The lowest BCUT2D eigenvalue weighted by molar-refractivity contribution is -0.136. The molecule has 1 aromatic carbocycles. The van der Waals surface area contributed by atoms with E-state index in [0.717, 1.165) is 12.5 Å². The molecule has 0 saturated carbocycles. The third kappa shape index (κ3) is 4.20. The van der Waals surface area contributed by atoms with Crippen molar-refractivity contribution in [3.05, 3.63) is 35.0 Å². The lowest BCUT2D eigenvalue weighted by Crippen LogP contribution is -2.10. The number of halogens is 4. The molecule has 2 N–H and O–H groups in total. The first-order valence-corrected chi connectivity index (χ1v) is 6.85. The second-order valence-corrected chi connectivity index (χ2v) is 4.84. The maximum Gasteiger partial charge on any atom is 0.418 e. The van der Waals surface area contributed by atoms with E-state index in [-0.39, 0.29) is 22.5 Å². The average Bonchev–Trinajstić information content (AvgIpc) is 2.46. The van der Waals surface area contributed by atoms with Gasteiger partial charge < -0.3 is 10.6 Å². The predicted molar refractivity (Wildman–Crippen MR) is 78.3 cm³/mol. The Morgan fingerprint density at radius 2 is 2.05 bits per heavy atom. The van der Waals surface area contributed by atoms with Crippen molar-refractivity contribution in [2.75, 3.05) is 17.2 Å². The maximum absolute atomic E-state index is 13.0. The van der Waals surface area contributed by atoms with Crippen molar-refractivity contribution < 1.29 is 13.2 Å². The maximum atomic E-state index is 13.0. The number of benzene rings is 1. The molecule has 0 radical (unpaired) electrons. The molecule has 0 fully saturated rings. The molecule has 5 nitrogen and oxygen atoms in total. The topological polar surface area (TPSA) is 62.7 Å². The molecule has 118 valence electrons. The average molecular weight is 332 g/mol. The highest BCUT2D eigenvalue weighted by Crippen LogP contribution is 2.37. The second kappa shape index (κ2) is 6.78. The Bertz CT molecular complexity index is 648. The zero-order valence-electron chi connectivity index (χ0n) is 11.6. The van der Waals surface area contributed by atoms with E-state index in [0.29, 0.717) is 6.54 Å². The van der Waals surface area contributed by atoms with Gasteiger partial charge in [-0.3, -0.25) is 0 Å². The molecule has 0 unspecified atom stereocenters. The monoisotopic (exact) mass is 331 g/mol. The van der Waals surface area contributed by atoms with Gasteiger partial charge in [-0.2, -0.15) is 23.3 Å². The summed E-state index contributed by atoms with van der Waals surface area (Å²) in [5.74, 6) is 0.399. The molecule has 0 bridgehead atoms. The Labute approximate surface area is 129 Å². The van der Waals surface area contributed by atoms with E-state index in [4.69, 9.17) is 11.6 Å². The highest BCUT2D eigenvalue weighted by atomic mass is 35.5. The summed E-state index contributed by atoms with van der Waals surface area (Å²) in [5, 5.41) is 12.9. The Morgan fingerprint density at radius 3 is 2.73 bits per heavy atom. The highest BCUT2D eigenvalue weighted by molar-refractivity contribution is 6.30. The van der Waals surface area contributed by atoms with Crippen molar-refractivity contribution >= 4 is 29.1 Å². The number of anilines is 3. The molecule has 0 aliphatic heterocycles. The molecule has 2 aromatic rings. The van der Waals surface area contributed by atoms with Crippen LogP contribution in [0.4, 0.5) is 30.6 Å². The fourth-order valence-electron chi connectivity index (χ4n) is 1.67. The summed E-state index contributed by atoms with van der Waals surface area (Å²) in [4.78, 5) is 4.05. The van der Waals surface area contributed by atoms with Crippen molar-refractivity contribution in [3.8, 4) is 0 Å². The Morgan fingerprint density at radius 1 is 1.27 bits per heavy atom. The highest BCUT2D eigenvalue weighted by Gasteiger charge is 2.34. The van der Waals surface area contributed by atoms with Gasteiger partial charge in [0.1, 0.15) is 0 Å². The third-order valence-electron chi connectivity index (χ3n) is 2.64. The lowest BCUT2D eigenvalue weighted by Gasteiger charge is -2.14. The molecular formula is C13H13ClF3N5. The summed E-state index contributed by atoms with van der Waals surface area (Å²) in [6.45, 7) is 2.60. The third-order valence-corrected chi connectivity index (χ3v) is 2.88. The van der Waals surface area contributed by atoms with Gasteiger partial charge in [-0.15, -0.1) is 5.10 Å². The molecule has 9 heteroatoms. The molecule has 2 rings (SSSR count). The van der Waals surface area contributed by atoms with Crippen LogP contribution in [0.25, 0.3) is 0 Å². The predicted octanol–water partition coefficient (Wildman–Crippen LogP) is 4.11. The lowest BCUT2D eigenvalue weighted by atomic mass is 10.1. The number of nitrogens with zero attached hydrogens (tertiary/aromatic N) is 3. The molecule has 1 heterocycles. The Hall–Kier alpha value is -2.09. The zero-order chi connectivity index (χ0) is 16.2. The van der Waals surface area contributed by atoms with Gasteiger partial charge in [-0.1, -0.05) is 18.5 Å². The minimum Gasteiger partial charge on any atom is -0.353 e. The van der Waals surface area contributed by atoms with Crippen molar-refractivity contribution in [2.24, 2.45) is 0 Å². The van der Waals surface area contributed by atoms with Crippen LogP contribution in [0.15, 0.2) is 24.4 Å². The molecule has 22 heavy (non-hydrogen) atoms. The van der Waals surface area contributed by atoms with Crippen molar-refractivity contribution in [3.63, 3.8) is 0 Å². The smallest absolute Gasteiger partial charge is 0.353 e. The number of hydrogen-bond donors (Lipinski definition) is 2.